The van der Waals surface area contributed by atoms with E-state index in [-0.39, 0.29) is 0 Å². The molecule has 0 amide bonds. The molecule has 2 rings (SSSR count). The summed E-state index contributed by atoms with van der Waals surface area (Å²) >= 11 is 3.30. The lowest BCUT2D eigenvalue weighted by Crippen LogP contribution is -2.10. The summed E-state index contributed by atoms with van der Waals surface area (Å²) < 4.78 is 0.680. The summed E-state index contributed by atoms with van der Waals surface area (Å²) in [6.45, 7) is 0. The maximum Gasteiger partial charge on any atom is 0.124 e. The van der Waals surface area contributed by atoms with Crippen molar-refractivity contribution in [3.63, 3.8) is 0 Å². The first-order valence-electron chi connectivity index (χ1n) is 4.37. The van der Waals surface area contributed by atoms with E-state index >= 15 is 0 Å². The van der Waals surface area contributed by atoms with Crippen molar-refractivity contribution in [3.05, 3.63) is 28.0 Å². The quantitative estimate of drug-likeness (QED) is 0.704. The Hall–Kier alpha value is -0.880. The molecule has 1 aliphatic rings. The molecule has 3 heteroatoms. The van der Waals surface area contributed by atoms with Crippen LogP contribution in [0.2, 0.25) is 0 Å². The number of pyridine rings is 1. The zero-order valence-electron chi connectivity index (χ0n) is 7.13. The largest absolute Gasteiger partial charge is 0.248 e. The third kappa shape index (κ3) is 1.47. The lowest BCUT2D eigenvalue weighted by Gasteiger charge is -2.26. The number of rotatable bonds is 1. The van der Waals surface area contributed by atoms with Crippen molar-refractivity contribution in [1.29, 1.82) is 5.26 Å². The van der Waals surface area contributed by atoms with E-state index in [1.807, 2.05) is 6.07 Å². The summed E-state index contributed by atoms with van der Waals surface area (Å²) in [5.74, 6) is 0.592. The van der Waals surface area contributed by atoms with Gasteiger partial charge >= 0.3 is 0 Å². The monoisotopic (exact) mass is 236 g/mol. The molecule has 66 valence electrons. The second kappa shape index (κ2) is 3.47. The third-order valence-corrected chi connectivity index (χ3v) is 3.19. The van der Waals surface area contributed by atoms with E-state index in [0.717, 1.165) is 5.56 Å². The minimum atomic E-state index is 0.592. The Morgan fingerprint density at radius 1 is 1.54 bits per heavy atom. The van der Waals surface area contributed by atoms with Crippen molar-refractivity contribution in [2.75, 3.05) is 0 Å². The van der Waals surface area contributed by atoms with E-state index in [0.29, 0.717) is 16.1 Å². The van der Waals surface area contributed by atoms with Gasteiger partial charge in [0.25, 0.3) is 0 Å². The van der Waals surface area contributed by atoms with Gasteiger partial charge in [0.15, 0.2) is 0 Å². The normalized spacial score (nSPS) is 16.3. The maximum atomic E-state index is 8.95. The molecule has 0 aliphatic heterocycles. The smallest absolute Gasteiger partial charge is 0.124 e. The van der Waals surface area contributed by atoms with Gasteiger partial charge in [0.05, 0.1) is 5.56 Å². The van der Waals surface area contributed by atoms with Crippen molar-refractivity contribution in [2.45, 2.75) is 25.2 Å². The van der Waals surface area contributed by atoms with Gasteiger partial charge in [-0.1, -0.05) is 6.42 Å². The van der Waals surface area contributed by atoms with Gasteiger partial charge in [0, 0.05) is 6.20 Å². The highest BCUT2D eigenvalue weighted by Crippen LogP contribution is 2.38. The van der Waals surface area contributed by atoms with Gasteiger partial charge in [-0.3, -0.25) is 0 Å². The third-order valence-electron chi connectivity index (χ3n) is 2.59. The van der Waals surface area contributed by atoms with Crippen molar-refractivity contribution in [3.8, 4) is 6.07 Å². The van der Waals surface area contributed by atoms with Gasteiger partial charge < -0.3 is 0 Å². The van der Waals surface area contributed by atoms with Crippen LogP contribution in [0.15, 0.2) is 16.9 Å². The van der Waals surface area contributed by atoms with Crippen LogP contribution in [0.25, 0.3) is 0 Å². The molecular formula is C10H9BrN2. The van der Waals surface area contributed by atoms with Gasteiger partial charge in [-0.2, -0.15) is 5.26 Å². The van der Waals surface area contributed by atoms with Gasteiger partial charge in [-0.25, -0.2) is 4.98 Å². The highest BCUT2D eigenvalue weighted by atomic mass is 79.9. The van der Waals surface area contributed by atoms with Gasteiger partial charge in [-0.15, -0.1) is 0 Å². The number of halogens is 1. The van der Waals surface area contributed by atoms with E-state index in [2.05, 4.69) is 27.0 Å². The predicted octanol–water partition coefficient (Wildman–Crippen LogP) is 2.98. The average molecular weight is 237 g/mol. The second-order valence-corrected chi connectivity index (χ2v) is 4.06. The Balaban J connectivity index is 2.44. The zero-order chi connectivity index (χ0) is 9.26. The molecule has 0 bridgehead atoms. The number of nitrogens with zero attached hydrogens (tertiary/aromatic N) is 2. The number of hydrogen-bond donors (Lipinski definition) is 0. The molecule has 1 saturated carbocycles. The highest BCUT2D eigenvalue weighted by molar-refractivity contribution is 9.10. The van der Waals surface area contributed by atoms with E-state index < -0.39 is 0 Å². The lowest BCUT2D eigenvalue weighted by molar-refractivity contribution is 0.418. The molecule has 0 N–H and O–H groups in total. The first-order valence-corrected chi connectivity index (χ1v) is 5.16. The maximum absolute atomic E-state index is 8.95. The summed E-state index contributed by atoms with van der Waals surface area (Å²) in [7, 11) is 0. The van der Waals surface area contributed by atoms with Crippen LogP contribution in [0.3, 0.4) is 0 Å². The highest BCUT2D eigenvalue weighted by Gasteiger charge is 2.23. The SMILES string of the molecule is N#Cc1c(C2CCC2)ccnc1Br. The summed E-state index contributed by atoms with van der Waals surface area (Å²) in [6.07, 6.45) is 5.48. The Bertz CT molecular complexity index is 364. The van der Waals surface area contributed by atoms with Crippen LogP contribution in [0.1, 0.15) is 36.3 Å². The topological polar surface area (TPSA) is 36.7 Å². The van der Waals surface area contributed by atoms with Crippen LogP contribution < -0.4 is 0 Å². The molecule has 0 unspecified atom stereocenters. The van der Waals surface area contributed by atoms with Crippen LogP contribution in [0, 0.1) is 11.3 Å². The fourth-order valence-electron chi connectivity index (χ4n) is 1.62. The Labute approximate surface area is 85.7 Å². The number of nitriles is 1. The van der Waals surface area contributed by atoms with E-state index in [1.165, 1.54) is 19.3 Å². The molecule has 2 nitrogen and oxygen atoms in total. The molecule has 1 fully saturated rings. The summed E-state index contributed by atoms with van der Waals surface area (Å²) in [5, 5.41) is 8.95. The van der Waals surface area contributed by atoms with Crippen LogP contribution in [-0.2, 0) is 0 Å². The first kappa shape index (κ1) is 8.71. The average Bonchev–Trinajstić information content (AvgIpc) is 2.01. The standard InChI is InChI=1S/C10H9BrN2/c11-10-9(6-12)8(4-5-13-10)7-2-1-3-7/h4-5,7H,1-3H2. The summed E-state index contributed by atoms with van der Waals surface area (Å²) in [4.78, 5) is 4.05. The van der Waals surface area contributed by atoms with Crippen molar-refractivity contribution in [1.82, 2.24) is 4.98 Å². The van der Waals surface area contributed by atoms with Gasteiger partial charge in [-0.05, 0) is 46.3 Å². The van der Waals surface area contributed by atoms with E-state index in [4.69, 9.17) is 5.26 Å². The van der Waals surface area contributed by atoms with Crippen LogP contribution in [0.4, 0.5) is 0 Å². The Morgan fingerprint density at radius 3 is 2.85 bits per heavy atom. The Morgan fingerprint density at radius 2 is 2.31 bits per heavy atom. The molecule has 0 aromatic carbocycles. The second-order valence-electron chi connectivity index (χ2n) is 3.31. The van der Waals surface area contributed by atoms with E-state index in [9.17, 15) is 0 Å². The lowest BCUT2D eigenvalue weighted by atomic mass is 9.79. The van der Waals surface area contributed by atoms with Crippen molar-refractivity contribution < 1.29 is 0 Å². The Kier molecular flexibility index (Phi) is 2.32. The summed E-state index contributed by atoms with van der Waals surface area (Å²) in [5.41, 5.74) is 1.88. The van der Waals surface area contributed by atoms with Gasteiger partial charge in [0.1, 0.15) is 10.7 Å². The number of hydrogen-bond acceptors (Lipinski definition) is 2. The molecule has 0 atom stereocenters. The van der Waals surface area contributed by atoms with Crippen LogP contribution in [0.5, 0.6) is 0 Å². The summed E-state index contributed by atoms with van der Waals surface area (Å²) in [6, 6.07) is 4.17. The molecule has 1 heterocycles. The molecular weight excluding hydrogens is 228 g/mol. The minimum absolute atomic E-state index is 0.592. The molecule has 1 aliphatic carbocycles. The van der Waals surface area contributed by atoms with Crippen LogP contribution in [-0.4, -0.2) is 4.98 Å². The predicted molar refractivity (Wildman–Crippen MR) is 53.2 cm³/mol. The fourth-order valence-corrected chi connectivity index (χ4v) is 2.06. The van der Waals surface area contributed by atoms with Crippen molar-refractivity contribution >= 4 is 15.9 Å². The minimum Gasteiger partial charge on any atom is -0.248 e. The van der Waals surface area contributed by atoms with Crippen LogP contribution >= 0.6 is 15.9 Å². The molecule has 0 spiro atoms. The molecule has 13 heavy (non-hydrogen) atoms. The fraction of sp³-hybridized carbons (Fsp3) is 0.400. The first-order chi connectivity index (χ1) is 6.33. The molecule has 1 aromatic heterocycles. The number of aromatic nitrogens is 1. The zero-order valence-corrected chi connectivity index (χ0v) is 8.71. The van der Waals surface area contributed by atoms with Gasteiger partial charge in [0.2, 0.25) is 0 Å². The molecule has 0 radical (unpaired) electrons. The van der Waals surface area contributed by atoms with E-state index in [1.54, 1.807) is 6.20 Å². The molecule has 1 aromatic rings. The molecule has 0 saturated heterocycles. The van der Waals surface area contributed by atoms with Crippen molar-refractivity contribution in [2.24, 2.45) is 0 Å².